The van der Waals surface area contributed by atoms with E-state index in [2.05, 4.69) is 0 Å². The van der Waals surface area contributed by atoms with E-state index in [1.807, 2.05) is 0 Å². The van der Waals surface area contributed by atoms with Crippen molar-refractivity contribution in [3.63, 3.8) is 0 Å². The summed E-state index contributed by atoms with van der Waals surface area (Å²) in [7, 11) is 0. The highest BCUT2D eigenvalue weighted by atomic mass is 16.5. The van der Waals surface area contributed by atoms with Crippen LogP contribution in [0.4, 0.5) is 0 Å². The Hall–Kier alpha value is -0.500. The van der Waals surface area contributed by atoms with Gasteiger partial charge in [0.2, 0.25) is 0 Å². The van der Waals surface area contributed by atoms with Crippen LogP contribution in [0.5, 0.6) is 0 Å². The van der Waals surface area contributed by atoms with Crippen molar-refractivity contribution in [2.24, 2.45) is 0 Å². The van der Waals surface area contributed by atoms with E-state index < -0.39 is 0 Å². The molecule has 1 aliphatic rings. The second kappa shape index (κ2) is 2.87. The first kappa shape index (κ1) is 6.62. The minimum absolute atomic E-state index is 0.328. The molecule has 0 saturated carbocycles. The van der Waals surface area contributed by atoms with Gasteiger partial charge in [0.05, 0.1) is 19.0 Å². The van der Waals surface area contributed by atoms with Gasteiger partial charge in [-0.1, -0.05) is 0 Å². The Morgan fingerprint density at radius 2 is 2.56 bits per heavy atom. The van der Waals surface area contributed by atoms with Crippen LogP contribution < -0.4 is 0 Å². The molecule has 1 N–H and O–H groups in total. The summed E-state index contributed by atoms with van der Waals surface area (Å²) in [5.74, 6) is 0. The van der Waals surface area contributed by atoms with Crippen LogP contribution in [0.2, 0.25) is 0 Å². The number of ether oxygens (including phenoxy) is 1. The first-order chi connectivity index (χ1) is 4.30. The molecule has 0 aromatic heterocycles. The molecule has 0 aromatic rings. The van der Waals surface area contributed by atoms with E-state index in [0.29, 0.717) is 0 Å². The lowest BCUT2D eigenvalue weighted by Crippen LogP contribution is -2.09. The fourth-order valence-corrected chi connectivity index (χ4v) is 0.892. The lowest BCUT2D eigenvalue weighted by Gasteiger charge is -2.15. The van der Waals surface area contributed by atoms with E-state index in [9.17, 15) is 0 Å². The molecule has 0 unspecified atom stereocenters. The molecule has 2 heteroatoms. The Balaban J connectivity index is 2.46. The lowest BCUT2D eigenvalue weighted by molar-refractivity contribution is 0.179. The summed E-state index contributed by atoms with van der Waals surface area (Å²) in [5.41, 5.74) is 1.02. The standard InChI is InChI=1S/C7H12O2/c1-6(8)7-3-2-4-9-5-7/h5-6,8H,2-4H2,1H3/t6-/m0/s1. The number of rotatable bonds is 1. The molecule has 0 aromatic carbocycles. The fourth-order valence-electron chi connectivity index (χ4n) is 0.892. The summed E-state index contributed by atoms with van der Waals surface area (Å²) in [6.45, 7) is 2.57. The molecule has 1 heterocycles. The lowest BCUT2D eigenvalue weighted by atomic mass is 10.1. The quantitative estimate of drug-likeness (QED) is 0.572. The van der Waals surface area contributed by atoms with Gasteiger partial charge in [-0.15, -0.1) is 0 Å². The van der Waals surface area contributed by atoms with Crippen molar-refractivity contribution >= 4 is 0 Å². The highest BCUT2D eigenvalue weighted by Gasteiger charge is 2.08. The highest BCUT2D eigenvalue weighted by molar-refractivity contribution is 5.04. The van der Waals surface area contributed by atoms with Crippen LogP contribution in [0.1, 0.15) is 19.8 Å². The zero-order valence-corrected chi connectivity index (χ0v) is 5.63. The molecule has 1 rings (SSSR count). The van der Waals surface area contributed by atoms with Crippen molar-refractivity contribution in [2.45, 2.75) is 25.9 Å². The zero-order chi connectivity index (χ0) is 6.69. The van der Waals surface area contributed by atoms with Gasteiger partial charge in [-0.3, -0.25) is 0 Å². The topological polar surface area (TPSA) is 29.5 Å². The van der Waals surface area contributed by atoms with Crippen LogP contribution in [0, 0.1) is 0 Å². The predicted molar refractivity (Wildman–Crippen MR) is 34.9 cm³/mol. The van der Waals surface area contributed by atoms with Gasteiger partial charge in [-0.2, -0.15) is 0 Å². The van der Waals surface area contributed by atoms with E-state index in [0.717, 1.165) is 25.0 Å². The molecule has 0 fully saturated rings. The fraction of sp³-hybridized carbons (Fsp3) is 0.714. The molecule has 0 amide bonds. The van der Waals surface area contributed by atoms with Gasteiger partial charge in [0.25, 0.3) is 0 Å². The van der Waals surface area contributed by atoms with E-state index in [1.54, 1.807) is 13.2 Å². The monoisotopic (exact) mass is 128 g/mol. The minimum atomic E-state index is -0.328. The highest BCUT2D eigenvalue weighted by Crippen LogP contribution is 2.14. The summed E-state index contributed by atoms with van der Waals surface area (Å²) in [5, 5.41) is 9.03. The van der Waals surface area contributed by atoms with Crippen LogP contribution in [-0.4, -0.2) is 17.8 Å². The van der Waals surface area contributed by atoms with Crippen LogP contribution in [0.25, 0.3) is 0 Å². The summed E-state index contributed by atoms with van der Waals surface area (Å²) in [6, 6.07) is 0. The van der Waals surface area contributed by atoms with Crippen LogP contribution in [0.3, 0.4) is 0 Å². The summed E-state index contributed by atoms with van der Waals surface area (Å²) in [4.78, 5) is 0. The third-order valence-corrected chi connectivity index (χ3v) is 1.50. The van der Waals surface area contributed by atoms with E-state index in [1.165, 1.54) is 0 Å². The third-order valence-electron chi connectivity index (χ3n) is 1.50. The van der Waals surface area contributed by atoms with Gasteiger partial charge in [0.15, 0.2) is 0 Å². The molecule has 0 saturated heterocycles. The summed E-state index contributed by atoms with van der Waals surface area (Å²) in [6.07, 6.45) is 3.37. The van der Waals surface area contributed by atoms with Crippen LogP contribution >= 0.6 is 0 Å². The molecule has 2 nitrogen and oxygen atoms in total. The predicted octanol–water partition coefficient (Wildman–Crippen LogP) is 1.06. The molecule has 1 atom stereocenters. The first-order valence-corrected chi connectivity index (χ1v) is 3.29. The number of aliphatic hydroxyl groups excluding tert-OH is 1. The first-order valence-electron chi connectivity index (χ1n) is 3.29. The Kier molecular flexibility index (Phi) is 2.11. The van der Waals surface area contributed by atoms with E-state index >= 15 is 0 Å². The number of hydrogen-bond donors (Lipinski definition) is 1. The van der Waals surface area contributed by atoms with Crippen molar-refractivity contribution in [1.82, 2.24) is 0 Å². The Labute approximate surface area is 55.1 Å². The van der Waals surface area contributed by atoms with Gasteiger partial charge in [-0.05, 0) is 25.3 Å². The SMILES string of the molecule is C[C@H](O)C1=COCCC1. The Morgan fingerprint density at radius 1 is 1.78 bits per heavy atom. The van der Waals surface area contributed by atoms with Gasteiger partial charge in [-0.25, -0.2) is 0 Å². The number of hydrogen-bond acceptors (Lipinski definition) is 2. The molecule has 52 valence electrons. The van der Waals surface area contributed by atoms with E-state index in [-0.39, 0.29) is 6.10 Å². The van der Waals surface area contributed by atoms with Gasteiger partial charge in [0.1, 0.15) is 0 Å². The summed E-state index contributed by atoms with van der Waals surface area (Å²) >= 11 is 0. The van der Waals surface area contributed by atoms with Crippen molar-refractivity contribution < 1.29 is 9.84 Å². The molecule has 0 aliphatic carbocycles. The molecule has 0 radical (unpaired) electrons. The normalized spacial score (nSPS) is 22.2. The van der Waals surface area contributed by atoms with Gasteiger partial charge in [0, 0.05) is 0 Å². The van der Waals surface area contributed by atoms with Crippen molar-refractivity contribution in [1.29, 1.82) is 0 Å². The Bertz CT molecular complexity index is 116. The molecular formula is C7H12O2. The van der Waals surface area contributed by atoms with Crippen LogP contribution in [0.15, 0.2) is 11.8 Å². The molecule has 0 bridgehead atoms. The van der Waals surface area contributed by atoms with Crippen LogP contribution in [-0.2, 0) is 4.74 Å². The largest absolute Gasteiger partial charge is 0.501 e. The van der Waals surface area contributed by atoms with Gasteiger partial charge < -0.3 is 9.84 Å². The maximum atomic E-state index is 9.03. The maximum absolute atomic E-state index is 9.03. The summed E-state index contributed by atoms with van der Waals surface area (Å²) < 4.78 is 5.02. The minimum Gasteiger partial charge on any atom is -0.501 e. The average molecular weight is 128 g/mol. The van der Waals surface area contributed by atoms with Gasteiger partial charge >= 0.3 is 0 Å². The second-order valence-electron chi connectivity index (χ2n) is 2.34. The van der Waals surface area contributed by atoms with Crippen molar-refractivity contribution in [3.8, 4) is 0 Å². The maximum Gasteiger partial charge on any atom is 0.0876 e. The smallest absolute Gasteiger partial charge is 0.0876 e. The van der Waals surface area contributed by atoms with Crippen molar-refractivity contribution in [3.05, 3.63) is 11.8 Å². The zero-order valence-electron chi connectivity index (χ0n) is 5.63. The Morgan fingerprint density at radius 3 is 2.89 bits per heavy atom. The molecule has 0 spiro atoms. The number of aliphatic hydroxyl groups is 1. The van der Waals surface area contributed by atoms with Crippen molar-refractivity contribution in [2.75, 3.05) is 6.61 Å². The molecule has 1 aliphatic heterocycles. The second-order valence-corrected chi connectivity index (χ2v) is 2.34. The molecule has 9 heavy (non-hydrogen) atoms. The molecular weight excluding hydrogens is 116 g/mol. The average Bonchev–Trinajstić information content (AvgIpc) is 1.90. The van der Waals surface area contributed by atoms with E-state index in [4.69, 9.17) is 9.84 Å². The third kappa shape index (κ3) is 1.72.